The number of aryl methyl sites for hydroxylation is 4. The maximum Gasteiger partial charge on any atom is 0.435 e. The number of aliphatic hydroxyl groups is 2. The van der Waals surface area contributed by atoms with E-state index in [1.54, 1.807) is 40.6 Å². The first-order valence-electron chi connectivity index (χ1n) is 21.4. The number of aromatic amines is 1. The van der Waals surface area contributed by atoms with Gasteiger partial charge in [-0.1, -0.05) is 37.1 Å². The van der Waals surface area contributed by atoms with Crippen LogP contribution in [0.5, 0.6) is 34.5 Å². The van der Waals surface area contributed by atoms with Gasteiger partial charge in [0.15, 0.2) is 23.0 Å². The molecule has 16 heteroatoms. The fourth-order valence-electron chi connectivity index (χ4n) is 7.22. The largest absolute Gasteiger partial charge is 0.493 e. The van der Waals surface area contributed by atoms with Crippen LogP contribution in [0.1, 0.15) is 81.8 Å². The van der Waals surface area contributed by atoms with Crippen molar-refractivity contribution in [3.05, 3.63) is 95.3 Å². The Kier molecular flexibility index (Phi) is 21.6. The summed E-state index contributed by atoms with van der Waals surface area (Å²) in [7, 11) is 6.53. The topological polar surface area (TPSA) is 169 Å². The number of H-pyrrole nitrogens is 1. The molecule has 0 aliphatic carbocycles. The lowest BCUT2D eigenvalue weighted by molar-refractivity contribution is 0.0522. The van der Waals surface area contributed by atoms with Crippen molar-refractivity contribution >= 4 is 54.9 Å². The number of carbonyl (C=O) groups is 1. The first kappa shape index (κ1) is 54.0. The lowest BCUT2D eigenvalue weighted by Crippen LogP contribution is -2.27. The second-order valence-corrected chi connectivity index (χ2v) is 16.4. The van der Waals surface area contributed by atoms with E-state index in [2.05, 4.69) is 21.4 Å². The van der Waals surface area contributed by atoms with Gasteiger partial charge in [0, 0.05) is 5.69 Å². The van der Waals surface area contributed by atoms with Gasteiger partial charge in [-0.05, 0) is 133 Å². The molecule has 2 heterocycles. The van der Waals surface area contributed by atoms with Crippen LogP contribution < -0.4 is 28.4 Å². The second kappa shape index (κ2) is 26.0. The molecule has 14 nitrogen and oxygen atoms in total. The number of carbonyl (C=O) groups excluding carboxylic acids is 1. The van der Waals surface area contributed by atoms with E-state index in [1.165, 1.54) is 10.2 Å². The zero-order chi connectivity index (χ0) is 45.5. The van der Waals surface area contributed by atoms with Crippen LogP contribution in [0, 0.1) is 13.8 Å². The molecule has 3 N–H and O–H groups in total. The number of fused-ring (bicyclic) bond motifs is 2. The summed E-state index contributed by atoms with van der Waals surface area (Å²) in [5, 5.41) is 34.0. The Labute approximate surface area is 396 Å². The minimum atomic E-state index is -0.624. The van der Waals surface area contributed by atoms with Crippen molar-refractivity contribution in [3.63, 3.8) is 0 Å². The quantitative estimate of drug-likeness (QED) is 0.0621. The van der Waals surface area contributed by atoms with Gasteiger partial charge in [-0.3, -0.25) is 5.10 Å². The summed E-state index contributed by atoms with van der Waals surface area (Å²) in [5.74, 6) is 4.26. The Hall–Kier alpha value is -5.29. The molecule has 0 spiro atoms. The molecule has 0 saturated carbocycles. The van der Waals surface area contributed by atoms with Crippen LogP contribution in [0.4, 0.5) is 4.79 Å². The van der Waals surface area contributed by atoms with Gasteiger partial charge >= 0.3 is 6.09 Å². The van der Waals surface area contributed by atoms with Gasteiger partial charge in [0.1, 0.15) is 30.3 Å². The van der Waals surface area contributed by atoms with E-state index in [1.807, 2.05) is 89.2 Å². The summed E-state index contributed by atoms with van der Waals surface area (Å²) in [4.78, 5) is 12.6. The highest BCUT2D eigenvalue weighted by atomic mass is 32.1. The summed E-state index contributed by atoms with van der Waals surface area (Å²) in [6.45, 7) is 9.66. The van der Waals surface area contributed by atoms with Gasteiger partial charge in [-0.15, -0.1) is 0 Å². The van der Waals surface area contributed by atoms with Crippen molar-refractivity contribution in [2.75, 3.05) is 41.7 Å². The highest BCUT2D eigenvalue weighted by Gasteiger charge is 2.23. The molecule has 0 aliphatic rings. The second-order valence-electron chi connectivity index (χ2n) is 16.4. The SMILES string of the molecule is COc1ccc(CCCC[C@H](O)COc2cccc3c2c(C)nn3C(=O)OC(C)(C)C)cc1OC.COc1ccc(CCCC[C@H](O)COc2cccc3n[nH]c(C)c23)cc1OC.S.S. The van der Waals surface area contributed by atoms with E-state index in [9.17, 15) is 15.0 Å². The van der Waals surface area contributed by atoms with Crippen LogP contribution in [-0.2, 0) is 17.6 Å². The van der Waals surface area contributed by atoms with Crippen molar-refractivity contribution in [3.8, 4) is 34.5 Å². The van der Waals surface area contributed by atoms with E-state index < -0.39 is 23.9 Å². The molecule has 0 fully saturated rings. The summed E-state index contributed by atoms with van der Waals surface area (Å²) in [5.41, 5.74) is 4.85. The van der Waals surface area contributed by atoms with Crippen LogP contribution >= 0.6 is 27.0 Å². The highest BCUT2D eigenvalue weighted by Crippen LogP contribution is 2.32. The Bertz CT molecular complexity index is 2400. The molecule has 0 bridgehead atoms. The number of nitrogens with zero attached hydrogens (tertiary/aromatic N) is 3. The van der Waals surface area contributed by atoms with E-state index in [0.717, 1.165) is 89.1 Å². The Morgan fingerprint density at radius 3 is 1.65 bits per heavy atom. The molecule has 0 saturated heterocycles. The molecule has 0 aliphatic heterocycles. The third-order valence-electron chi connectivity index (χ3n) is 10.4. The van der Waals surface area contributed by atoms with Crippen molar-refractivity contribution in [2.24, 2.45) is 0 Å². The van der Waals surface area contributed by atoms with E-state index in [-0.39, 0.29) is 40.2 Å². The van der Waals surface area contributed by atoms with Gasteiger partial charge in [-0.25, -0.2) is 4.79 Å². The maximum absolute atomic E-state index is 12.6. The predicted molar refractivity (Wildman–Crippen MR) is 265 cm³/mol. The van der Waals surface area contributed by atoms with Gasteiger partial charge in [0.05, 0.1) is 68.1 Å². The van der Waals surface area contributed by atoms with Crippen LogP contribution in [0.2, 0.25) is 0 Å². The molecule has 6 rings (SSSR count). The molecule has 2 atom stereocenters. The van der Waals surface area contributed by atoms with Crippen molar-refractivity contribution < 1.29 is 48.2 Å². The number of benzene rings is 4. The molecule has 356 valence electrons. The number of hydrogen-bond donors (Lipinski definition) is 3. The average molecular weight is 937 g/mol. The fraction of sp³-hybridized carbons (Fsp3) is 0.449. The number of rotatable bonds is 20. The van der Waals surface area contributed by atoms with E-state index in [0.29, 0.717) is 35.6 Å². The zero-order valence-electron chi connectivity index (χ0n) is 39.2. The van der Waals surface area contributed by atoms with Crippen molar-refractivity contribution in [1.82, 2.24) is 20.0 Å². The molecule has 0 radical (unpaired) electrons. The third kappa shape index (κ3) is 15.4. The van der Waals surface area contributed by atoms with Crippen molar-refractivity contribution in [2.45, 2.75) is 104 Å². The van der Waals surface area contributed by atoms with Crippen LogP contribution in [0.15, 0.2) is 72.8 Å². The molecule has 4 aromatic carbocycles. The number of methoxy groups -OCH3 is 4. The minimum Gasteiger partial charge on any atom is -0.493 e. The summed E-state index contributed by atoms with van der Waals surface area (Å²) < 4.78 is 39.7. The molecule has 6 aromatic rings. The number of ether oxygens (including phenoxy) is 7. The molecular weight excluding hydrogens is 869 g/mol. The number of nitrogens with one attached hydrogen (secondary N) is 1. The van der Waals surface area contributed by atoms with Crippen molar-refractivity contribution in [1.29, 1.82) is 0 Å². The van der Waals surface area contributed by atoms with E-state index in [4.69, 9.17) is 33.2 Å². The smallest absolute Gasteiger partial charge is 0.435 e. The number of aliphatic hydroxyl groups excluding tert-OH is 2. The lowest BCUT2D eigenvalue weighted by atomic mass is 10.0. The number of hydrogen-bond acceptors (Lipinski definition) is 12. The first-order chi connectivity index (χ1) is 30.2. The molecule has 0 amide bonds. The van der Waals surface area contributed by atoms with Gasteiger partial charge < -0.3 is 43.4 Å². The summed E-state index contributed by atoms with van der Waals surface area (Å²) in [6.07, 6.45) is 5.22. The molecular formula is C49H68N4O10S2. The summed E-state index contributed by atoms with van der Waals surface area (Å²) >= 11 is 0. The normalized spacial score (nSPS) is 11.9. The van der Waals surface area contributed by atoms with Crippen LogP contribution in [-0.4, -0.2) is 95.7 Å². The fourth-order valence-corrected chi connectivity index (χ4v) is 7.22. The van der Waals surface area contributed by atoms with E-state index >= 15 is 0 Å². The van der Waals surface area contributed by atoms with Gasteiger partial charge in [-0.2, -0.15) is 41.9 Å². The van der Waals surface area contributed by atoms with Crippen LogP contribution in [0.3, 0.4) is 0 Å². The van der Waals surface area contributed by atoms with Gasteiger partial charge in [0.25, 0.3) is 0 Å². The first-order valence-corrected chi connectivity index (χ1v) is 21.4. The Morgan fingerprint density at radius 1 is 0.662 bits per heavy atom. The molecule has 0 unspecified atom stereocenters. The predicted octanol–water partition coefficient (Wildman–Crippen LogP) is 9.56. The van der Waals surface area contributed by atoms with Gasteiger partial charge in [0.2, 0.25) is 0 Å². The minimum absolute atomic E-state index is 0. The highest BCUT2D eigenvalue weighted by molar-refractivity contribution is 7.59. The number of aromatic nitrogens is 4. The summed E-state index contributed by atoms with van der Waals surface area (Å²) in [6, 6.07) is 23.1. The lowest BCUT2D eigenvalue weighted by Gasteiger charge is -2.19. The van der Waals surface area contributed by atoms with Crippen LogP contribution in [0.25, 0.3) is 21.8 Å². The standard InChI is InChI=1S/C27H36N2O6.C22H28N2O4.2H2S/c1-18-25-21(29(28-18)26(31)35-27(2,3)4)12-9-13-23(25)34-17-20(30)11-8-7-10-19-14-15-22(32-5)24(16-19)33-6;1-15-22-18(24-23-15)9-6-10-20(22)28-14-17(25)8-5-4-7-16-11-12-19(26-2)21(13-16)27-3;;/h9,12-16,20,30H,7-8,10-11,17H2,1-6H3;6,9-13,17,25H,4-5,7-8,14H2,1-3H3,(H,23,24);2*1H2/t20-;17-;;/m00../s1. The monoisotopic (exact) mass is 936 g/mol. The number of unbranched alkanes of at least 4 members (excludes halogenated alkanes) is 2. The average Bonchev–Trinajstić information content (AvgIpc) is 3.84. The Balaban J connectivity index is 0.000000342. The Morgan fingerprint density at radius 2 is 1.15 bits per heavy atom. The third-order valence-corrected chi connectivity index (χ3v) is 10.4. The maximum atomic E-state index is 12.6. The zero-order valence-corrected chi connectivity index (χ0v) is 41.2. The molecule has 65 heavy (non-hydrogen) atoms. The molecule has 2 aromatic heterocycles.